The van der Waals surface area contributed by atoms with E-state index < -0.39 is 0 Å². The van der Waals surface area contributed by atoms with E-state index in [1.54, 1.807) is 12.1 Å². The SMILES string of the molecule is Cc1cc(C2CCN(CC(=O)Nc3cccc(Cl)c3)CC2)n[nH]1. The molecule has 0 bridgehead atoms. The highest BCUT2D eigenvalue weighted by Crippen LogP contribution is 2.26. The molecule has 1 aliphatic rings. The van der Waals surface area contributed by atoms with E-state index in [-0.39, 0.29) is 5.91 Å². The van der Waals surface area contributed by atoms with Gasteiger partial charge in [-0.05, 0) is 57.1 Å². The number of hydrogen-bond donors (Lipinski definition) is 2. The van der Waals surface area contributed by atoms with Crippen molar-refractivity contribution in [1.82, 2.24) is 15.1 Å². The minimum atomic E-state index is 0.00123. The van der Waals surface area contributed by atoms with Crippen molar-refractivity contribution in [1.29, 1.82) is 0 Å². The lowest BCUT2D eigenvalue weighted by atomic mass is 9.93. The summed E-state index contributed by atoms with van der Waals surface area (Å²) in [6.07, 6.45) is 2.07. The molecular formula is C17H21ClN4O. The Hall–Kier alpha value is -1.85. The Balaban J connectivity index is 1.47. The molecule has 1 aromatic heterocycles. The van der Waals surface area contributed by atoms with Crippen LogP contribution in [0.15, 0.2) is 30.3 Å². The lowest BCUT2D eigenvalue weighted by molar-refractivity contribution is -0.117. The number of benzene rings is 1. The van der Waals surface area contributed by atoms with Crippen LogP contribution in [0, 0.1) is 6.92 Å². The number of aromatic amines is 1. The molecule has 0 radical (unpaired) electrons. The maximum Gasteiger partial charge on any atom is 0.238 e. The molecule has 1 aliphatic heterocycles. The predicted molar refractivity (Wildman–Crippen MR) is 91.8 cm³/mol. The number of aryl methyl sites for hydroxylation is 1. The maximum absolute atomic E-state index is 12.1. The number of H-pyrrole nitrogens is 1. The third kappa shape index (κ3) is 4.33. The van der Waals surface area contributed by atoms with E-state index in [2.05, 4.69) is 26.5 Å². The Morgan fingerprint density at radius 2 is 2.17 bits per heavy atom. The first-order valence-electron chi connectivity index (χ1n) is 7.90. The Labute approximate surface area is 141 Å². The number of rotatable bonds is 4. The van der Waals surface area contributed by atoms with Crippen LogP contribution in [0.4, 0.5) is 5.69 Å². The number of nitrogens with zero attached hydrogens (tertiary/aromatic N) is 2. The smallest absolute Gasteiger partial charge is 0.238 e. The number of aromatic nitrogens is 2. The monoisotopic (exact) mass is 332 g/mol. The Bertz CT molecular complexity index is 677. The van der Waals surface area contributed by atoms with Crippen LogP contribution in [0.3, 0.4) is 0 Å². The van der Waals surface area contributed by atoms with Gasteiger partial charge < -0.3 is 5.32 Å². The largest absolute Gasteiger partial charge is 0.325 e. The number of carbonyl (C=O) groups is 1. The molecule has 2 aromatic rings. The van der Waals surface area contributed by atoms with Gasteiger partial charge in [-0.15, -0.1) is 0 Å². The highest BCUT2D eigenvalue weighted by atomic mass is 35.5. The van der Waals surface area contributed by atoms with Gasteiger partial charge in [-0.25, -0.2) is 0 Å². The van der Waals surface area contributed by atoms with Gasteiger partial charge in [-0.1, -0.05) is 17.7 Å². The molecule has 0 spiro atoms. The molecule has 0 aliphatic carbocycles. The zero-order chi connectivity index (χ0) is 16.2. The van der Waals surface area contributed by atoms with Gasteiger partial charge in [0.2, 0.25) is 5.91 Å². The van der Waals surface area contributed by atoms with E-state index in [4.69, 9.17) is 11.6 Å². The van der Waals surface area contributed by atoms with Crippen molar-refractivity contribution in [2.24, 2.45) is 0 Å². The van der Waals surface area contributed by atoms with Crippen LogP contribution < -0.4 is 5.32 Å². The van der Waals surface area contributed by atoms with Gasteiger partial charge in [0.1, 0.15) is 0 Å². The standard InChI is InChI=1S/C17H21ClN4O/c1-12-9-16(21-20-12)13-5-7-22(8-6-13)11-17(23)19-15-4-2-3-14(18)10-15/h2-4,9-10,13H,5-8,11H2,1H3,(H,19,23)(H,20,21). The fourth-order valence-corrected chi connectivity index (χ4v) is 3.20. The van der Waals surface area contributed by atoms with Crippen molar-refractivity contribution in [2.75, 3.05) is 25.0 Å². The Kier molecular flexibility index (Phi) is 4.98. The average molecular weight is 333 g/mol. The van der Waals surface area contributed by atoms with Crippen LogP contribution in [-0.4, -0.2) is 40.6 Å². The topological polar surface area (TPSA) is 61.0 Å². The summed E-state index contributed by atoms with van der Waals surface area (Å²) in [6.45, 7) is 4.27. The van der Waals surface area contributed by atoms with Crippen LogP contribution in [-0.2, 0) is 4.79 Å². The molecule has 1 aromatic carbocycles. The molecule has 3 rings (SSSR count). The third-order valence-electron chi connectivity index (χ3n) is 4.21. The van der Waals surface area contributed by atoms with Crippen molar-refractivity contribution in [3.05, 3.63) is 46.7 Å². The molecule has 6 heteroatoms. The lowest BCUT2D eigenvalue weighted by Crippen LogP contribution is -2.38. The van der Waals surface area contributed by atoms with E-state index in [0.717, 1.165) is 43.0 Å². The molecule has 1 amide bonds. The van der Waals surface area contributed by atoms with Gasteiger partial charge in [-0.2, -0.15) is 5.10 Å². The second kappa shape index (κ2) is 7.15. The molecule has 5 nitrogen and oxygen atoms in total. The summed E-state index contributed by atoms with van der Waals surface area (Å²) in [7, 11) is 0. The number of carbonyl (C=O) groups excluding carboxylic acids is 1. The first-order valence-corrected chi connectivity index (χ1v) is 8.27. The van der Waals surface area contributed by atoms with Crippen LogP contribution in [0.25, 0.3) is 0 Å². The second-order valence-corrected chi connectivity index (χ2v) is 6.52. The molecule has 0 saturated carbocycles. The molecule has 0 unspecified atom stereocenters. The van der Waals surface area contributed by atoms with E-state index in [9.17, 15) is 4.79 Å². The summed E-state index contributed by atoms with van der Waals surface area (Å²) in [5.41, 5.74) is 2.98. The van der Waals surface area contributed by atoms with Gasteiger partial charge >= 0.3 is 0 Å². The maximum atomic E-state index is 12.1. The Morgan fingerprint density at radius 3 is 2.83 bits per heavy atom. The summed E-state index contributed by atoms with van der Waals surface area (Å²) >= 11 is 5.93. The minimum Gasteiger partial charge on any atom is -0.325 e. The number of hydrogen-bond acceptors (Lipinski definition) is 3. The summed E-state index contributed by atoms with van der Waals surface area (Å²) < 4.78 is 0. The number of anilines is 1. The van der Waals surface area contributed by atoms with Gasteiger partial charge in [-0.3, -0.25) is 14.8 Å². The van der Waals surface area contributed by atoms with Crippen molar-refractivity contribution in [3.8, 4) is 0 Å². The van der Waals surface area contributed by atoms with E-state index in [0.29, 0.717) is 17.5 Å². The fourth-order valence-electron chi connectivity index (χ4n) is 3.00. The van der Waals surface area contributed by atoms with Crippen LogP contribution in [0.2, 0.25) is 5.02 Å². The van der Waals surface area contributed by atoms with Gasteiger partial charge in [0.15, 0.2) is 0 Å². The van der Waals surface area contributed by atoms with Crippen molar-refractivity contribution >= 4 is 23.2 Å². The number of nitrogens with one attached hydrogen (secondary N) is 2. The van der Waals surface area contributed by atoms with E-state index in [1.807, 2.05) is 19.1 Å². The van der Waals surface area contributed by atoms with Gasteiger partial charge in [0.05, 0.1) is 12.2 Å². The molecule has 122 valence electrons. The van der Waals surface area contributed by atoms with Crippen molar-refractivity contribution in [2.45, 2.75) is 25.7 Å². The molecule has 0 atom stereocenters. The van der Waals surface area contributed by atoms with Crippen LogP contribution in [0.5, 0.6) is 0 Å². The number of halogens is 1. The summed E-state index contributed by atoms with van der Waals surface area (Å²) in [5, 5.41) is 10.9. The van der Waals surface area contributed by atoms with Crippen LogP contribution in [0.1, 0.15) is 30.1 Å². The predicted octanol–water partition coefficient (Wildman–Crippen LogP) is 3.19. The number of likely N-dealkylation sites (tertiary alicyclic amines) is 1. The first-order chi connectivity index (χ1) is 11.1. The molecule has 23 heavy (non-hydrogen) atoms. The molecule has 1 fully saturated rings. The van der Waals surface area contributed by atoms with Crippen molar-refractivity contribution in [3.63, 3.8) is 0 Å². The Morgan fingerprint density at radius 1 is 1.39 bits per heavy atom. The second-order valence-electron chi connectivity index (χ2n) is 6.08. The highest BCUT2D eigenvalue weighted by Gasteiger charge is 2.23. The number of amides is 1. The molecular weight excluding hydrogens is 312 g/mol. The number of piperidine rings is 1. The summed E-state index contributed by atoms with van der Waals surface area (Å²) in [4.78, 5) is 14.3. The normalized spacial score (nSPS) is 16.4. The zero-order valence-corrected chi connectivity index (χ0v) is 13.9. The minimum absolute atomic E-state index is 0.00123. The van der Waals surface area contributed by atoms with Gasteiger partial charge in [0.25, 0.3) is 0 Å². The summed E-state index contributed by atoms with van der Waals surface area (Å²) in [6, 6.07) is 9.34. The van der Waals surface area contributed by atoms with Crippen LogP contribution >= 0.6 is 11.6 Å². The lowest BCUT2D eigenvalue weighted by Gasteiger charge is -2.30. The first kappa shape index (κ1) is 16.0. The summed E-state index contributed by atoms with van der Waals surface area (Å²) in [5.74, 6) is 0.494. The molecule has 1 saturated heterocycles. The molecule has 2 N–H and O–H groups in total. The molecule has 2 heterocycles. The van der Waals surface area contributed by atoms with E-state index in [1.165, 1.54) is 0 Å². The quantitative estimate of drug-likeness (QED) is 0.904. The van der Waals surface area contributed by atoms with Gasteiger partial charge in [0, 0.05) is 22.3 Å². The highest BCUT2D eigenvalue weighted by molar-refractivity contribution is 6.30. The third-order valence-corrected chi connectivity index (χ3v) is 4.44. The average Bonchev–Trinajstić information content (AvgIpc) is 2.94. The fraction of sp³-hybridized carbons (Fsp3) is 0.412. The van der Waals surface area contributed by atoms with E-state index >= 15 is 0 Å². The zero-order valence-electron chi connectivity index (χ0n) is 13.2. The van der Waals surface area contributed by atoms with Crippen molar-refractivity contribution < 1.29 is 4.79 Å².